The summed E-state index contributed by atoms with van der Waals surface area (Å²) in [5, 5.41) is 2.70. The third-order valence-electron chi connectivity index (χ3n) is 7.44. The number of piperidine rings is 1. The number of amides is 2. The molecule has 1 aromatic carbocycles. The lowest BCUT2D eigenvalue weighted by molar-refractivity contribution is -0.143. The van der Waals surface area contributed by atoms with E-state index in [9.17, 15) is 22.8 Å². The van der Waals surface area contributed by atoms with Crippen LogP contribution in [0.2, 0.25) is 5.02 Å². The van der Waals surface area contributed by atoms with E-state index in [1.54, 1.807) is 6.07 Å². The molecule has 170 valence electrons. The van der Waals surface area contributed by atoms with Crippen LogP contribution in [0.4, 0.5) is 13.2 Å². The number of alkyl halides is 3. The van der Waals surface area contributed by atoms with Gasteiger partial charge in [-0.05, 0) is 67.6 Å². The van der Waals surface area contributed by atoms with E-state index in [1.807, 2.05) is 11.8 Å². The molecule has 31 heavy (non-hydrogen) atoms. The molecule has 1 N–H and O–H groups in total. The van der Waals surface area contributed by atoms with Crippen molar-refractivity contribution < 1.29 is 22.8 Å². The molecule has 0 aromatic heterocycles. The number of likely N-dealkylation sites (tertiary alicyclic amines) is 1. The molecule has 0 radical (unpaired) electrons. The maximum absolute atomic E-state index is 12.9. The van der Waals surface area contributed by atoms with Gasteiger partial charge in [0.25, 0.3) is 0 Å². The second-order valence-electron chi connectivity index (χ2n) is 9.45. The van der Waals surface area contributed by atoms with Crippen LogP contribution in [0.15, 0.2) is 18.2 Å². The van der Waals surface area contributed by atoms with Crippen molar-refractivity contribution in [1.29, 1.82) is 0 Å². The standard InChI is InChI=1S/C23H28ClF3N2O2/c1-2-20(30)28-17-9-15(10-17)21(31)29-7-5-22(6-8-29)12-16(13-22)14-3-4-18(19(24)11-14)23(25,26)27/h3-4,11,15-17H,2,5-10,12-13H2,1H3,(H,28,30). The summed E-state index contributed by atoms with van der Waals surface area (Å²) in [7, 11) is 0. The van der Waals surface area contributed by atoms with Gasteiger partial charge in [0.1, 0.15) is 0 Å². The molecule has 1 saturated heterocycles. The van der Waals surface area contributed by atoms with Crippen molar-refractivity contribution >= 4 is 23.4 Å². The van der Waals surface area contributed by atoms with Crippen LogP contribution in [-0.4, -0.2) is 35.8 Å². The second-order valence-corrected chi connectivity index (χ2v) is 9.86. The van der Waals surface area contributed by atoms with E-state index in [2.05, 4.69) is 5.32 Å². The number of carbonyl (C=O) groups is 2. The van der Waals surface area contributed by atoms with Crippen molar-refractivity contribution in [1.82, 2.24) is 10.2 Å². The molecule has 4 nitrogen and oxygen atoms in total. The van der Waals surface area contributed by atoms with Gasteiger partial charge in [0.15, 0.2) is 0 Å². The molecular formula is C23H28ClF3N2O2. The molecule has 3 fully saturated rings. The van der Waals surface area contributed by atoms with E-state index in [-0.39, 0.29) is 40.1 Å². The monoisotopic (exact) mass is 456 g/mol. The van der Waals surface area contributed by atoms with Gasteiger partial charge in [-0.3, -0.25) is 9.59 Å². The van der Waals surface area contributed by atoms with Gasteiger partial charge in [0.05, 0.1) is 10.6 Å². The fourth-order valence-corrected chi connectivity index (χ4v) is 5.67. The van der Waals surface area contributed by atoms with Crippen molar-refractivity contribution in [2.24, 2.45) is 11.3 Å². The minimum Gasteiger partial charge on any atom is -0.353 e. The lowest BCUT2D eigenvalue weighted by Gasteiger charge is -2.53. The van der Waals surface area contributed by atoms with Crippen molar-refractivity contribution in [2.75, 3.05) is 13.1 Å². The van der Waals surface area contributed by atoms with Gasteiger partial charge in [-0.15, -0.1) is 0 Å². The van der Waals surface area contributed by atoms with Crippen LogP contribution in [0.3, 0.4) is 0 Å². The number of benzene rings is 1. The highest BCUT2D eigenvalue weighted by Gasteiger charge is 2.48. The molecule has 1 aliphatic heterocycles. The number of rotatable bonds is 4. The average molecular weight is 457 g/mol. The van der Waals surface area contributed by atoms with Gasteiger partial charge >= 0.3 is 6.18 Å². The van der Waals surface area contributed by atoms with E-state index in [4.69, 9.17) is 11.6 Å². The highest BCUT2D eigenvalue weighted by molar-refractivity contribution is 6.31. The number of hydrogen-bond acceptors (Lipinski definition) is 2. The Morgan fingerprint density at radius 2 is 1.84 bits per heavy atom. The van der Waals surface area contributed by atoms with Gasteiger partial charge in [-0.2, -0.15) is 13.2 Å². The zero-order chi connectivity index (χ0) is 22.4. The number of nitrogens with zero attached hydrogens (tertiary/aromatic N) is 1. The summed E-state index contributed by atoms with van der Waals surface area (Å²) >= 11 is 5.88. The topological polar surface area (TPSA) is 49.4 Å². The van der Waals surface area contributed by atoms with E-state index in [0.717, 1.165) is 63.2 Å². The van der Waals surface area contributed by atoms with Crippen LogP contribution in [0.25, 0.3) is 0 Å². The van der Waals surface area contributed by atoms with Crippen molar-refractivity contribution in [3.05, 3.63) is 34.3 Å². The molecule has 8 heteroatoms. The first-order valence-corrected chi connectivity index (χ1v) is 11.4. The summed E-state index contributed by atoms with van der Waals surface area (Å²) in [4.78, 5) is 26.1. The summed E-state index contributed by atoms with van der Waals surface area (Å²) in [6.07, 6.45) is 1.22. The SMILES string of the molecule is CCC(=O)NC1CC(C(=O)N2CCC3(CC2)CC(c2ccc(C(F)(F)F)c(Cl)c2)C3)C1. The van der Waals surface area contributed by atoms with Crippen LogP contribution in [0, 0.1) is 11.3 Å². The Morgan fingerprint density at radius 3 is 2.39 bits per heavy atom. The molecular weight excluding hydrogens is 429 g/mol. The molecule has 2 saturated carbocycles. The summed E-state index contributed by atoms with van der Waals surface area (Å²) in [6, 6.07) is 4.22. The zero-order valence-electron chi connectivity index (χ0n) is 17.6. The fourth-order valence-electron chi connectivity index (χ4n) is 5.37. The Morgan fingerprint density at radius 1 is 1.19 bits per heavy atom. The van der Waals surface area contributed by atoms with E-state index >= 15 is 0 Å². The molecule has 4 rings (SSSR count). The molecule has 2 aliphatic carbocycles. The molecule has 1 aromatic rings. The minimum atomic E-state index is -4.43. The maximum Gasteiger partial charge on any atom is 0.417 e. The first kappa shape index (κ1) is 22.4. The number of hydrogen-bond donors (Lipinski definition) is 1. The molecule has 1 spiro atoms. The van der Waals surface area contributed by atoms with Gasteiger partial charge < -0.3 is 10.2 Å². The molecule has 0 bridgehead atoms. The third-order valence-corrected chi connectivity index (χ3v) is 7.75. The predicted octanol–water partition coefficient (Wildman–Crippen LogP) is 5.15. The van der Waals surface area contributed by atoms with Crippen molar-refractivity contribution in [3.8, 4) is 0 Å². The van der Waals surface area contributed by atoms with E-state index in [1.165, 1.54) is 6.07 Å². The van der Waals surface area contributed by atoms with Gasteiger partial charge in [0, 0.05) is 31.5 Å². The Balaban J connectivity index is 1.25. The Hall–Kier alpha value is -1.76. The summed E-state index contributed by atoms with van der Waals surface area (Å²) < 4.78 is 38.7. The molecule has 2 amide bonds. The highest BCUT2D eigenvalue weighted by atomic mass is 35.5. The van der Waals surface area contributed by atoms with Crippen molar-refractivity contribution in [2.45, 2.75) is 70.0 Å². The van der Waals surface area contributed by atoms with Crippen molar-refractivity contribution in [3.63, 3.8) is 0 Å². The Labute approximate surface area is 185 Å². The highest BCUT2D eigenvalue weighted by Crippen LogP contribution is 2.57. The smallest absolute Gasteiger partial charge is 0.353 e. The average Bonchev–Trinajstić information content (AvgIpc) is 2.66. The van der Waals surface area contributed by atoms with Crippen LogP contribution in [0.5, 0.6) is 0 Å². The number of halogens is 4. The zero-order valence-corrected chi connectivity index (χ0v) is 18.4. The summed E-state index contributed by atoms with van der Waals surface area (Å²) in [5.74, 6) is 0.475. The molecule has 3 aliphatic rings. The minimum absolute atomic E-state index is 0.0136. The quantitative estimate of drug-likeness (QED) is 0.681. The lowest BCUT2D eigenvalue weighted by Crippen LogP contribution is -2.53. The van der Waals surface area contributed by atoms with E-state index < -0.39 is 11.7 Å². The molecule has 0 unspecified atom stereocenters. The third kappa shape index (κ3) is 4.57. The van der Waals surface area contributed by atoms with Crippen LogP contribution < -0.4 is 5.32 Å². The predicted molar refractivity (Wildman–Crippen MR) is 112 cm³/mol. The first-order chi connectivity index (χ1) is 14.6. The second kappa shape index (κ2) is 8.30. The van der Waals surface area contributed by atoms with E-state index in [0.29, 0.717) is 6.42 Å². The van der Waals surface area contributed by atoms with Crippen LogP contribution in [-0.2, 0) is 15.8 Å². The summed E-state index contributed by atoms with van der Waals surface area (Å²) in [5.41, 5.74) is 0.275. The van der Waals surface area contributed by atoms with Gasteiger partial charge in [-0.25, -0.2) is 0 Å². The van der Waals surface area contributed by atoms with Crippen LogP contribution in [0.1, 0.15) is 68.9 Å². The largest absolute Gasteiger partial charge is 0.417 e. The Bertz CT molecular complexity index is 851. The fraction of sp³-hybridized carbons (Fsp3) is 0.652. The lowest BCUT2D eigenvalue weighted by atomic mass is 9.56. The Kier molecular flexibility index (Phi) is 6.01. The normalized spacial score (nSPS) is 25.6. The van der Waals surface area contributed by atoms with Gasteiger partial charge in [-0.1, -0.05) is 24.6 Å². The first-order valence-electron chi connectivity index (χ1n) is 11.0. The van der Waals surface area contributed by atoms with Gasteiger partial charge in [0.2, 0.25) is 11.8 Å². The maximum atomic E-state index is 12.9. The summed E-state index contributed by atoms with van der Waals surface area (Å²) in [6.45, 7) is 3.29. The molecule has 0 atom stereocenters. The number of carbonyl (C=O) groups excluding carboxylic acids is 2. The number of nitrogens with one attached hydrogen (secondary N) is 1. The van der Waals surface area contributed by atoms with Crippen LogP contribution >= 0.6 is 11.6 Å². The molecule has 1 heterocycles.